The number of benzene rings is 1. The maximum atomic E-state index is 13.2. The highest BCUT2D eigenvalue weighted by molar-refractivity contribution is 5.81. The van der Waals surface area contributed by atoms with Crippen molar-refractivity contribution in [3.05, 3.63) is 34.9 Å². The maximum absolute atomic E-state index is 13.2. The standard InChI is InChI=1S/C20H23F3N2O3/c1-12-15(3-2-4-16(12)20(21,22)23)13-5-7-25(8-6-13)17(26)14-9-19(10-14)11-28-18(27)24-19/h2-4,13-14H,5-11H2,1H3,(H,24,27)/t14-,19+. The number of hydrogen-bond acceptors (Lipinski definition) is 3. The molecule has 2 heterocycles. The van der Waals surface area contributed by atoms with Crippen LogP contribution in [0.3, 0.4) is 0 Å². The predicted octanol–water partition coefficient (Wildman–Crippen LogP) is 3.61. The van der Waals surface area contributed by atoms with Crippen molar-refractivity contribution in [2.75, 3.05) is 19.7 Å². The van der Waals surface area contributed by atoms with Gasteiger partial charge in [-0.25, -0.2) is 4.79 Å². The molecular formula is C20H23F3N2O3. The van der Waals surface area contributed by atoms with Gasteiger partial charge in [0, 0.05) is 19.0 Å². The number of halogens is 3. The van der Waals surface area contributed by atoms with Crippen LogP contribution in [-0.4, -0.2) is 42.1 Å². The molecule has 1 aromatic rings. The zero-order chi connectivity index (χ0) is 20.1. The summed E-state index contributed by atoms with van der Waals surface area (Å²) in [6.07, 6.45) is -2.29. The minimum Gasteiger partial charge on any atom is -0.447 e. The SMILES string of the molecule is Cc1c(C2CCN(C(=O)[C@H]3C[C@]4(COC(=O)N4)C3)CC2)cccc1C(F)(F)F. The van der Waals surface area contributed by atoms with Crippen molar-refractivity contribution in [3.63, 3.8) is 0 Å². The van der Waals surface area contributed by atoms with Crippen LogP contribution in [0, 0.1) is 12.8 Å². The number of piperidine rings is 1. The van der Waals surface area contributed by atoms with E-state index in [1.165, 1.54) is 13.0 Å². The van der Waals surface area contributed by atoms with Crippen LogP contribution in [0.25, 0.3) is 0 Å². The Morgan fingerprint density at radius 2 is 1.93 bits per heavy atom. The quantitative estimate of drug-likeness (QED) is 0.831. The Bertz CT molecular complexity index is 794. The Balaban J connectivity index is 1.35. The number of carbonyl (C=O) groups is 2. The number of alkyl halides is 3. The normalized spacial score (nSPS) is 28.1. The molecule has 1 N–H and O–H groups in total. The number of likely N-dealkylation sites (tertiary alicyclic amines) is 1. The molecule has 4 rings (SSSR count). The van der Waals surface area contributed by atoms with Crippen molar-refractivity contribution in [1.29, 1.82) is 0 Å². The third-order valence-electron chi connectivity index (χ3n) is 6.40. The smallest absolute Gasteiger partial charge is 0.416 e. The largest absolute Gasteiger partial charge is 0.447 e. The van der Waals surface area contributed by atoms with Crippen molar-refractivity contribution in [2.24, 2.45) is 5.92 Å². The molecule has 5 nitrogen and oxygen atoms in total. The number of rotatable bonds is 2. The van der Waals surface area contributed by atoms with Crippen LogP contribution in [-0.2, 0) is 15.7 Å². The second-order valence-corrected chi connectivity index (χ2v) is 8.20. The number of cyclic esters (lactones) is 1. The first-order valence-electron chi connectivity index (χ1n) is 9.59. The highest BCUT2D eigenvalue weighted by atomic mass is 19.4. The molecule has 3 aliphatic rings. The summed E-state index contributed by atoms with van der Waals surface area (Å²) >= 11 is 0. The van der Waals surface area contributed by atoms with Crippen LogP contribution in [0.2, 0.25) is 0 Å². The van der Waals surface area contributed by atoms with Gasteiger partial charge in [0.2, 0.25) is 5.91 Å². The highest BCUT2D eigenvalue weighted by Crippen LogP contribution is 2.43. The van der Waals surface area contributed by atoms with Crippen molar-refractivity contribution in [1.82, 2.24) is 10.2 Å². The second-order valence-electron chi connectivity index (χ2n) is 8.20. The first kappa shape index (κ1) is 19.1. The molecule has 1 saturated carbocycles. The summed E-state index contributed by atoms with van der Waals surface area (Å²) < 4.78 is 44.4. The fraction of sp³-hybridized carbons (Fsp3) is 0.600. The van der Waals surface area contributed by atoms with Gasteiger partial charge in [0.25, 0.3) is 0 Å². The molecule has 28 heavy (non-hydrogen) atoms. The molecule has 0 aromatic heterocycles. The van der Waals surface area contributed by atoms with Crippen molar-refractivity contribution >= 4 is 12.0 Å². The van der Waals surface area contributed by atoms with E-state index >= 15 is 0 Å². The topological polar surface area (TPSA) is 58.6 Å². The Morgan fingerprint density at radius 1 is 1.25 bits per heavy atom. The van der Waals surface area contributed by atoms with Gasteiger partial charge in [-0.05, 0) is 55.7 Å². The van der Waals surface area contributed by atoms with Gasteiger partial charge in [-0.1, -0.05) is 12.1 Å². The number of alkyl carbamates (subject to hydrolysis) is 1. The van der Waals surface area contributed by atoms with E-state index in [4.69, 9.17) is 4.74 Å². The van der Waals surface area contributed by atoms with Gasteiger partial charge in [-0.3, -0.25) is 4.79 Å². The van der Waals surface area contributed by atoms with Gasteiger partial charge >= 0.3 is 12.3 Å². The monoisotopic (exact) mass is 396 g/mol. The molecule has 2 aliphatic heterocycles. The van der Waals surface area contributed by atoms with E-state index in [1.54, 1.807) is 6.07 Å². The summed E-state index contributed by atoms with van der Waals surface area (Å²) in [5, 5.41) is 2.78. The third kappa shape index (κ3) is 3.33. The van der Waals surface area contributed by atoms with Gasteiger partial charge in [-0.2, -0.15) is 13.2 Å². The van der Waals surface area contributed by atoms with Crippen LogP contribution in [0.1, 0.15) is 48.3 Å². The molecule has 8 heteroatoms. The fourth-order valence-electron chi connectivity index (χ4n) is 4.84. The average Bonchev–Trinajstić information content (AvgIpc) is 3.01. The van der Waals surface area contributed by atoms with Crippen LogP contribution in [0.5, 0.6) is 0 Å². The molecule has 2 saturated heterocycles. The lowest BCUT2D eigenvalue weighted by Crippen LogP contribution is -2.58. The minimum atomic E-state index is -4.35. The van der Waals surface area contributed by atoms with Gasteiger partial charge in [-0.15, -0.1) is 0 Å². The van der Waals surface area contributed by atoms with E-state index in [-0.39, 0.29) is 28.8 Å². The van der Waals surface area contributed by atoms with E-state index in [2.05, 4.69) is 5.32 Å². The van der Waals surface area contributed by atoms with E-state index in [9.17, 15) is 22.8 Å². The average molecular weight is 396 g/mol. The Morgan fingerprint density at radius 3 is 2.50 bits per heavy atom. The summed E-state index contributed by atoms with van der Waals surface area (Å²) in [6, 6.07) is 4.36. The highest BCUT2D eigenvalue weighted by Gasteiger charge is 2.53. The number of carbonyl (C=O) groups excluding carboxylic acids is 2. The van der Waals surface area contributed by atoms with Crippen LogP contribution in [0.15, 0.2) is 18.2 Å². The lowest BCUT2D eigenvalue weighted by molar-refractivity contribution is -0.142. The van der Waals surface area contributed by atoms with Crippen LogP contribution < -0.4 is 5.32 Å². The van der Waals surface area contributed by atoms with Gasteiger partial charge in [0.1, 0.15) is 6.61 Å². The van der Waals surface area contributed by atoms with Crippen molar-refractivity contribution in [2.45, 2.75) is 50.2 Å². The molecule has 0 radical (unpaired) electrons. The maximum Gasteiger partial charge on any atom is 0.416 e. The molecule has 0 bridgehead atoms. The zero-order valence-corrected chi connectivity index (χ0v) is 15.6. The van der Waals surface area contributed by atoms with E-state index in [0.29, 0.717) is 45.4 Å². The first-order chi connectivity index (χ1) is 13.2. The molecule has 0 unspecified atom stereocenters. The van der Waals surface area contributed by atoms with Crippen molar-refractivity contribution < 1.29 is 27.5 Å². The molecule has 1 spiro atoms. The van der Waals surface area contributed by atoms with Crippen LogP contribution >= 0.6 is 0 Å². The zero-order valence-electron chi connectivity index (χ0n) is 15.6. The molecule has 1 aromatic carbocycles. The summed E-state index contributed by atoms with van der Waals surface area (Å²) in [6.45, 7) is 2.94. The summed E-state index contributed by atoms with van der Waals surface area (Å²) in [4.78, 5) is 25.8. The fourth-order valence-corrected chi connectivity index (χ4v) is 4.84. The molecule has 3 fully saturated rings. The Hall–Kier alpha value is -2.25. The molecule has 0 atom stereocenters. The van der Waals surface area contributed by atoms with Gasteiger partial charge < -0.3 is 15.0 Å². The summed E-state index contributed by atoms with van der Waals surface area (Å²) in [7, 11) is 0. The van der Waals surface area contributed by atoms with E-state index in [0.717, 1.165) is 11.6 Å². The van der Waals surface area contributed by atoms with Crippen molar-refractivity contribution in [3.8, 4) is 0 Å². The Kier molecular flexibility index (Phi) is 4.55. The summed E-state index contributed by atoms with van der Waals surface area (Å²) in [5.74, 6) is -0.0126. The Labute approximate surface area is 161 Å². The number of ether oxygens (including phenoxy) is 1. The molecule has 2 amide bonds. The molecular weight excluding hydrogens is 373 g/mol. The van der Waals surface area contributed by atoms with Gasteiger partial charge in [0.15, 0.2) is 0 Å². The van der Waals surface area contributed by atoms with Gasteiger partial charge in [0.05, 0.1) is 11.1 Å². The number of amides is 2. The number of nitrogens with one attached hydrogen (secondary N) is 1. The molecule has 152 valence electrons. The lowest BCUT2D eigenvalue weighted by Gasteiger charge is -2.45. The predicted molar refractivity (Wildman–Crippen MR) is 94.7 cm³/mol. The lowest BCUT2D eigenvalue weighted by atomic mass is 9.68. The minimum absolute atomic E-state index is 0.0293. The number of nitrogens with zero attached hydrogens (tertiary/aromatic N) is 1. The summed E-state index contributed by atoms with van der Waals surface area (Å²) in [5.41, 5.74) is 0.0577. The third-order valence-corrected chi connectivity index (χ3v) is 6.40. The van der Waals surface area contributed by atoms with Crippen LogP contribution in [0.4, 0.5) is 18.0 Å². The number of hydrogen-bond donors (Lipinski definition) is 1. The first-order valence-corrected chi connectivity index (χ1v) is 9.59. The molecule has 1 aliphatic carbocycles. The van der Waals surface area contributed by atoms with E-state index < -0.39 is 17.8 Å². The van der Waals surface area contributed by atoms with E-state index in [1.807, 2.05) is 4.90 Å². The second kappa shape index (κ2) is 6.67.